The Balaban J connectivity index is 2.96. The van der Waals surface area contributed by atoms with Gasteiger partial charge in [-0.05, 0) is 6.92 Å². The molecule has 88 valence electrons. The molecule has 0 aromatic heterocycles. The Morgan fingerprint density at radius 2 is 1.73 bits per heavy atom. The van der Waals surface area contributed by atoms with Gasteiger partial charge in [0, 0.05) is 6.54 Å². The fourth-order valence-electron chi connectivity index (χ4n) is 1.18. The summed E-state index contributed by atoms with van der Waals surface area (Å²) < 4.78 is -3.33. The summed E-state index contributed by atoms with van der Waals surface area (Å²) in [4.78, 5) is 1.26. The van der Waals surface area contributed by atoms with Gasteiger partial charge in [0.1, 0.15) is 6.34 Å². The fraction of sp³-hybridized carbons (Fsp3) is 0.833. The monoisotopic (exact) mass is 331 g/mol. The normalized spacial score (nSPS) is 22.7. The highest BCUT2D eigenvalue weighted by molar-refractivity contribution is 6.69. The van der Waals surface area contributed by atoms with Crippen molar-refractivity contribution < 1.29 is 0 Å². The quantitative estimate of drug-likeness (QED) is 0.539. The third-order valence-corrected chi connectivity index (χ3v) is 2.95. The van der Waals surface area contributed by atoms with Crippen LogP contribution in [0.2, 0.25) is 0 Å². The lowest BCUT2D eigenvalue weighted by molar-refractivity contribution is 0.139. The minimum absolute atomic E-state index is 0.534. The Kier molecular flexibility index (Phi) is 4.42. The molecule has 9 heteroatoms. The van der Waals surface area contributed by atoms with Gasteiger partial charge in [0.25, 0.3) is 3.92 Å². The van der Waals surface area contributed by atoms with Gasteiger partial charge < -0.3 is 0 Å². The zero-order valence-electron chi connectivity index (χ0n) is 7.47. The third kappa shape index (κ3) is 3.24. The molecule has 0 aromatic rings. The molecule has 1 heterocycles. The van der Waals surface area contributed by atoms with Crippen LogP contribution in [0, 0.1) is 0 Å². The van der Waals surface area contributed by atoms with Crippen molar-refractivity contribution in [3.05, 3.63) is 0 Å². The van der Waals surface area contributed by atoms with Gasteiger partial charge in [0.15, 0.2) is 6.17 Å². The fourth-order valence-corrected chi connectivity index (χ4v) is 2.24. The lowest BCUT2D eigenvalue weighted by Gasteiger charge is -2.37. The molecule has 1 unspecified atom stereocenters. The molecule has 0 spiro atoms. The molecule has 1 atom stereocenters. The first-order chi connectivity index (χ1) is 6.68. The third-order valence-electron chi connectivity index (χ3n) is 1.78. The van der Waals surface area contributed by atoms with Crippen molar-refractivity contribution in [1.29, 1.82) is 0 Å². The highest BCUT2D eigenvalue weighted by atomic mass is 35.6. The van der Waals surface area contributed by atoms with Gasteiger partial charge in [-0.2, -0.15) is 5.10 Å². The van der Waals surface area contributed by atoms with E-state index in [-0.39, 0.29) is 0 Å². The zero-order valence-corrected chi connectivity index (χ0v) is 12.0. The molecule has 0 N–H and O–H groups in total. The molecule has 0 amide bonds. The van der Waals surface area contributed by atoms with Crippen molar-refractivity contribution in [2.24, 2.45) is 5.10 Å². The molecule has 0 radical (unpaired) electrons. The summed E-state index contributed by atoms with van der Waals surface area (Å²) in [5, 5.41) is 5.50. The molecule has 0 fully saturated rings. The Morgan fingerprint density at radius 3 is 2.07 bits per heavy atom. The second kappa shape index (κ2) is 4.71. The maximum atomic E-state index is 5.81. The van der Waals surface area contributed by atoms with Gasteiger partial charge in [-0.3, -0.25) is 9.91 Å². The topological polar surface area (TPSA) is 18.8 Å². The first-order valence-electron chi connectivity index (χ1n) is 3.90. The summed E-state index contributed by atoms with van der Waals surface area (Å²) in [6.45, 7) is 2.38. The number of hydrazone groups is 1. The molecular weight excluding hydrogens is 327 g/mol. The summed E-state index contributed by atoms with van der Waals surface area (Å²) >= 11 is 34.6. The average molecular weight is 334 g/mol. The van der Waals surface area contributed by atoms with Crippen LogP contribution in [0.1, 0.15) is 6.92 Å². The van der Waals surface area contributed by atoms with E-state index in [4.69, 9.17) is 69.6 Å². The first kappa shape index (κ1) is 14.1. The number of nitrogens with zero attached hydrogens (tertiary/aromatic N) is 3. The van der Waals surface area contributed by atoms with E-state index in [1.165, 1.54) is 16.2 Å². The first-order valence-corrected chi connectivity index (χ1v) is 6.17. The van der Waals surface area contributed by atoms with Crippen LogP contribution in [-0.4, -0.2) is 36.7 Å². The summed E-state index contributed by atoms with van der Waals surface area (Å²) in [5.41, 5.74) is 0. The number of hydrogen-bond donors (Lipinski definition) is 0. The van der Waals surface area contributed by atoms with Crippen molar-refractivity contribution in [1.82, 2.24) is 9.91 Å². The van der Waals surface area contributed by atoms with Gasteiger partial charge in [-0.15, -0.1) is 0 Å². The maximum absolute atomic E-state index is 5.81. The summed E-state index contributed by atoms with van der Waals surface area (Å²) in [7, 11) is 0. The van der Waals surface area contributed by atoms with E-state index in [0.717, 1.165) is 0 Å². The summed E-state index contributed by atoms with van der Waals surface area (Å²) in [5.74, 6) is 0. The van der Waals surface area contributed by atoms with E-state index in [0.29, 0.717) is 6.54 Å². The molecule has 15 heavy (non-hydrogen) atoms. The number of hydrogen-bond acceptors (Lipinski definition) is 3. The second-order valence-corrected chi connectivity index (χ2v) is 7.37. The molecule has 0 saturated heterocycles. The van der Waals surface area contributed by atoms with Crippen molar-refractivity contribution >= 4 is 75.9 Å². The predicted molar refractivity (Wildman–Crippen MR) is 67.1 cm³/mol. The van der Waals surface area contributed by atoms with Crippen LogP contribution in [-0.2, 0) is 0 Å². The smallest absolute Gasteiger partial charge is 0.270 e. The van der Waals surface area contributed by atoms with Gasteiger partial charge in [0.2, 0.25) is 3.79 Å². The minimum atomic E-state index is -1.71. The molecule has 1 aliphatic heterocycles. The van der Waals surface area contributed by atoms with E-state index in [1.54, 1.807) is 0 Å². The van der Waals surface area contributed by atoms with E-state index < -0.39 is 13.9 Å². The molecule has 0 bridgehead atoms. The number of rotatable bonds is 1. The molecule has 0 aliphatic carbocycles. The molecular formula is C6H7Cl6N3. The van der Waals surface area contributed by atoms with Gasteiger partial charge >= 0.3 is 0 Å². The summed E-state index contributed by atoms with van der Waals surface area (Å²) in [6.07, 6.45) is 0.600. The van der Waals surface area contributed by atoms with Crippen LogP contribution >= 0.6 is 69.6 Å². The molecule has 1 rings (SSSR count). The zero-order chi connectivity index (χ0) is 11.9. The Hall–Kier alpha value is 1.01. The van der Waals surface area contributed by atoms with Crippen molar-refractivity contribution in [2.45, 2.75) is 20.8 Å². The standard InChI is InChI=1S/C6H7Cl6N3/c1-2-15-4(5(7,8)9)14(3-13-15)6(10,11)12/h3-4H,2H2,1H3. The average Bonchev–Trinajstić information content (AvgIpc) is 2.44. The number of alkyl halides is 6. The minimum Gasteiger partial charge on any atom is -0.290 e. The van der Waals surface area contributed by atoms with E-state index in [1.807, 2.05) is 6.92 Å². The van der Waals surface area contributed by atoms with Crippen LogP contribution in [0.15, 0.2) is 5.10 Å². The predicted octanol–water partition coefficient (Wildman–Crippen LogP) is 3.59. The van der Waals surface area contributed by atoms with E-state index in [9.17, 15) is 0 Å². The van der Waals surface area contributed by atoms with Crippen molar-refractivity contribution in [3.63, 3.8) is 0 Å². The van der Waals surface area contributed by atoms with E-state index >= 15 is 0 Å². The molecule has 3 nitrogen and oxygen atoms in total. The largest absolute Gasteiger partial charge is 0.290 e. The van der Waals surface area contributed by atoms with Crippen molar-refractivity contribution in [3.8, 4) is 0 Å². The Bertz CT molecular complexity index is 257. The van der Waals surface area contributed by atoms with Gasteiger partial charge in [-0.25, -0.2) is 0 Å². The molecule has 0 aromatic carbocycles. The van der Waals surface area contributed by atoms with Crippen LogP contribution in [0.3, 0.4) is 0 Å². The molecule has 0 saturated carbocycles. The lowest BCUT2D eigenvalue weighted by atomic mass is 10.4. The number of halogens is 6. The highest BCUT2D eigenvalue weighted by Gasteiger charge is 2.49. The second-order valence-electron chi connectivity index (χ2n) is 2.78. The van der Waals surface area contributed by atoms with Crippen LogP contribution in [0.4, 0.5) is 0 Å². The Labute approximate surface area is 118 Å². The Morgan fingerprint density at radius 1 is 1.20 bits per heavy atom. The highest BCUT2D eigenvalue weighted by Crippen LogP contribution is 2.43. The van der Waals surface area contributed by atoms with Crippen molar-refractivity contribution in [2.75, 3.05) is 6.54 Å². The molecule has 1 aliphatic rings. The van der Waals surface area contributed by atoms with E-state index in [2.05, 4.69) is 5.10 Å². The van der Waals surface area contributed by atoms with Crippen LogP contribution < -0.4 is 0 Å². The SMILES string of the molecule is CCN1N=CN(C(Cl)(Cl)Cl)C1C(Cl)(Cl)Cl. The van der Waals surface area contributed by atoms with Gasteiger partial charge in [0.05, 0.1) is 0 Å². The van der Waals surface area contributed by atoms with Crippen LogP contribution in [0.25, 0.3) is 0 Å². The van der Waals surface area contributed by atoms with Gasteiger partial charge in [-0.1, -0.05) is 69.6 Å². The van der Waals surface area contributed by atoms with Crippen LogP contribution in [0.5, 0.6) is 0 Å². The lowest BCUT2D eigenvalue weighted by Crippen LogP contribution is -2.52. The maximum Gasteiger partial charge on any atom is 0.270 e. The summed E-state index contributed by atoms with van der Waals surface area (Å²) in [6, 6.07) is 0.